The standard InChI is InChI=1S/C14H19N3O/c1-18-13-16-12(8-15-17-13)14-5-9-2-10(6-14)4-11(3-9)7-14/h8-11H,2-7H2,1H3. The van der Waals surface area contributed by atoms with E-state index in [1.54, 1.807) is 7.11 Å². The molecule has 5 rings (SSSR count). The van der Waals surface area contributed by atoms with Crippen LogP contribution in [0.5, 0.6) is 6.01 Å². The van der Waals surface area contributed by atoms with Crippen molar-refractivity contribution in [3.05, 3.63) is 11.9 Å². The predicted octanol–water partition coefficient (Wildman–Crippen LogP) is 2.35. The van der Waals surface area contributed by atoms with E-state index in [0.29, 0.717) is 6.01 Å². The summed E-state index contributed by atoms with van der Waals surface area (Å²) in [4.78, 5) is 4.59. The average molecular weight is 245 g/mol. The average Bonchev–Trinajstić information content (AvgIpc) is 2.37. The highest BCUT2D eigenvalue weighted by Crippen LogP contribution is 2.60. The molecule has 4 fully saturated rings. The molecule has 4 bridgehead atoms. The molecule has 1 aromatic rings. The minimum absolute atomic E-state index is 0.290. The number of aromatic nitrogens is 3. The van der Waals surface area contributed by atoms with Gasteiger partial charge >= 0.3 is 6.01 Å². The summed E-state index contributed by atoms with van der Waals surface area (Å²) in [5.41, 5.74) is 1.42. The molecule has 0 N–H and O–H groups in total. The number of methoxy groups -OCH3 is 1. The predicted molar refractivity (Wildman–Crippen MR) is 66.2 cm³/mol. The maximum atomic E-state index is 5.13. The zero-order chi connectivity index (χ0) is 12.2. The number of hydrogen-bond donors (Lipinski definition) is 0. The van der Waals surface area contributed by atoms with E-state index in [4.69, 9.17) is 4.74 Å². The molecule has 4 saturated carbocycles. The van der Waals surface area contributed by atoms with Crippen LogP contribution >= 0.6 is 0 Å². The van der Waals surface area contributed by atoms with E-state index in [0.717, 1.165) is 23.4 Å². The maximum Gasteiger partial charge on any atom is 0.335 e. The third-order valence-corrected chi connectivity index (χ3v) is 5.30. The Bertz CT molecular complexity index is 439. The van der Waals surface area contributed by atoms with Gasteiger partial charge < -0.3 is 4.74 Å². The van der Waals surface area contributed by atoms with Gasteiger partial charge in [0.1, 0.15) is 0 Å². The van der Waals surface area contributed by atoms with Crippen LogP contribution in [-0.2, 0) is 5.41 Å². The van der Waals surface area contributed by atoms with Crippen LogP contribution in [-0.4, -0.2) is 22.3 Å². The van der Waals surface area contributed by atoms with Gasteiger partial charge in [-0.05, 0) is 56.3 Å². The smallest absolute Gasteiger partial charge is 0.335 e. The molecule has 0 spiro atoms. The van der Waals surface area contributed by atoms with Crippen LogP contribution in [0.2, 0.25) is 0 Å². The molecule has 0 aromatic carbocycles. The Morgan fingerprint density at radius 2 is 1.72 bits per heavy atom. The molecular formula is C14H19N3O. The first kappa shape index (κ1) is 10.7. The van der Waals surface area contributed by atoms with E-state index in [1.165, 1.54) is 38.5 Å². The lowest BCUT2D eigenvalue weighted by Gasteiger charge is -2.56. The lowest BCUT2D eigenvalue weighted by atomic mass is 9.49. The Kier molecular flexibility index (Phi) is 2.17. The molecule has 4 aliphatic rings. The molecule has 4 aliphatic carbocycles. The molecule has 0 aliphatic heterocycles. The third kappa shape index (κ3) is 1.47. The van der Waals surface area contributed by atoms with Gasteiger partial charge in [0.25, 0.3) is 0 Å². The van der Waals surface area contributed by atoms with Crippen molar-refractivity contribution in [2.45, 2.75) is 43.9 Å². The molecule has 96 valence electrons. The second-order valence-electron chi connectivity index (χ2n) is 6.53. The summed E-state index contributed by atoms with van der Waals surface area (Å²) in [5, 5.41) is 7.98. The first-order valence-corrected chi connectivity index (χ1v) is 7.01. The summed E-state index contributed by atoms with van der Waals surface area (Å²) < 4.78 is 5.13. The van der Waals surface area contributed by atoms with Crippen LogP contribution in [0.1, 0.15) is 44.2 Å². The van der Waals surface area contributed by atoms with Gasteiger partial charge in [0.15, 0.2) is 0 Å². The third-order valence-electron chi connectivity index (χ3n) is 5.30. The molecule has 4 heteroatoms. The maximum absolute atomic E-state index is 5.13. The van der Waals surface area contributed by atoms with Gasteiger partial charge in [-0.25, -0.2) is 0 Å². The van der Waals surface area contributed by atoms with Crippen LogP contribution in [0.4, 0.5) is 0 Å². The summed E-state index contributed by atoms with van der Waals surface area (Å²) in [7, 11) is 1.61. The van der Waals surface area contributed by atoms with Gasteiger partial charge in [-0.3, -0.25) is 0 Å². The summed E-state index contributed by atoms with van der Waals surface area (Å²) >= 11 is 0. The topological polar surface area (TPSA) is 47.9 Å². The lowest BCUT2D eigenvalue weighted by Crippen LogP contribution is -2.49. The number of ether oxygens (including phenoxy) is 1. The van der Waals surface area contributed by atoms with Crippen molar-refractivity contribution in [1.82, 2.24) is 15.2 Å². The Morgan fingerprint density at radius 3 is 2.28 bits per heavy atom. The number of hydrogen-bond acceptors (Lipinski definition) is 4. The summed E-state index contributed by atoms with van der Waals surface area (Å²) in [6, 6.07) is 0.420. The van der Waals surface area contributed by atoms with Crippen molar-refractivity contribution in [1.29, 1.82) is 0 Å². The highest BCUT2D eigenvalue weighted by Gasteiger charge is 2.52. The first-order chi connectivity index (χ1) is 8.77. The quantitative estimate of drug-likeness (QED) is 0.802. The van der Waals surface area contributed by atoms with Crippen LogP contribution in [0, 0.1) is 17.8 Å². The molecular weight excluding hydrogens is 226 g/mol. The zero-order valence-corrected chi connectivity index (χ0v) is 10.8. The van der Waals surface area contributed by atoms with Crippen molar-refractivity contribution in [2.75, 3.05) is 7.11 Å². The molecule has 18 heavy (non-hydrogen) atoms. The van der Waals surface area contributed by atoms with Crippen molar-refractivity contribution in [3.8, 4) is 6.01 Å². The number of nitrogens with zero attached hydrogens (tertiary/aromatic N) is 3. The molecule has 1 aromatic heterocycles. The van der Waals surface area contributed by atoms with Gasteiger partial charge in [-0.2, -0.15) is 10.1 Å². The fraction of sp³-hybridized carbons (Fsp3) is 0.786. The van der Waals surface area contributed by atoms with E-state index < -0.39 is 0 Å². The van der Waals surface area contributed by atoms with E-state index in [2.05, 4.69) is 15.2 Å². The van der Waals surface area contributed by atoms with Crippen LogP contribution in [0.15, 0.2) is 6.20 Å². The van der Waals surface area contributed by atoms with Crippen LogP contribution < -0.4 is 4.74 Å². The number of rotatable bonds is 2. The van der Waals surface area contributed by atoms with Crippen molar-refractivity contribution < 1.29 is 4.74 Å². The van der Waals surface area contributed by atoms with Crippen LogP contribution in [0.3, 0.4) is 0 Å². The molecule has 0 amide bonds. The van der Waals surface area contributed by atoms with Crippen molar-refractivity contribution in [2.24, 2.45) is 17.8 Å². The Balaban J connectivity index is 1.74. The molecule has 0 unspecified atom stereocenters. The minimum atomic E-state index is 0.290. The highest BCUT2D eigenvalue weighted by molar-refractivity contribution is 5.21. The second kappa shape index (κ2) is 3.65. The Hall–Kier alpha value is -1.19. The van der Waals surface area contributed by atoms with E-state index in [1.807, 2.05) is 6.20 Å². The van der Waals surface area contributed by atoms with Gasteiger partial charge in [-0.1, -0.05) is 5.10 Å². The zero-order valence-electron chi connectivity index (χ0n) is 10.8. The molecule has 0 radical (unpaired) electrons. The van der Waals surface area contributed by atoms with Crippen LogP contribution in [0.25, 0.3) is 0 Å². The second-order valence-corrected chi connectivity index (χ2v) is 6.53. The van der Waals surface area contributed by atoms with Gasteiger partial charge in [0.2, 0.25) is 0 Å². The minimum Gasteiger partial charge on any atom is -0.466 e. The Labute approximate surface area is 107 Å². The monoisotopic (exact) mass is 245 g/mol. The Morgan fingerprint density at radius 1 is 1.11 bits per heavy atom. The molecule has 4 nitrogen and oxygen atoms in total. The van der Waals surface area contributed by atoms with Gasteiger partial charge in [-0.15, -0.1) is 0 Å². The summed E-state index contributed by atoms with van der Waals surface area (Å²) in [6.07, 6.45) is 10.1. The summed E-state index contributed by atoms with van der Waals surface area (Å²) in [6.45, 7) is 0. The first-order valence-electron chi connectivity index (χ1n) is 7.01. The highest BCUT2D eigenvalue weighted by atomic mass is 16.5. The normalized spacial score (nSPS) is 41.1. The fourth-order valence-electron chi connectivity index (χ4n) is 5.05. The summed E-state index contributed by atoms with van der Waals surface area (Å²) in [5.74, 6) is 2.78. The van der Waals surface area contributed by atoms with E-state index in [9.17, 15) is 0 Å². The molecule has 1 heterocycles. The van der Waals surface area contributed by atoms with E-state index >= 15 is 0 Å². The van der Waals surface area contributed by atoms with E-state index in [-0.39, 0.29) is 5.41 Å². The largest absolute Gasteiger partial charge is 0.466 e. The molecule has 0 atom stereocenters. The van der Waals surface area contributed by atoms with Gasteiger partial charge in [0.05, 0.1) is 19.0 Å². The fourth-order valence-corrected chi connectivity index (χ4v) is 5.05. The van der Waals surface area contributed by atoms with Gasteiger partial charge in [0, 0.05) is 5.41 Å². The van der Waals surface area contributed by atoms with Crippen molar-refractivity contribution in [3.63, 3.8) is 0 Å². The SMILES string of the molecule is COc1nncc(C23CC4CC(CC(C4)C2)C3)n1. The molecule has 0 saturated heterocycles. The van der Waals surface area contributed by atoms with Crippen molar-refractivity contribution >= 4 is 0 Å². The lowest BCUT2D eigenvalue weighted by molar-refractivity contribution is -0.00775.